The third-order valence-corrected chi connectivity index (χ3v) is 4.00. The van der Waals surface area contributed by atoms with Gasteiger partial charge in [0.05, 0.1) is 0 Å². The van der Waals surface area contributed by atoms with Crippen LogP contribution >= 0.6 is 0 Å². The van der Waals surface area contributed by atoms with Gasteiger partial charge in [-0.1, -0.05) is 74.5 Å². The van der Waals surface area contributed by atoms with Crippen LogP contribution in [0.5, 0.6) is 0 Å². The molecule has 0 fully saturated rings. The summed E-state index contributed by atoms with van der Waals surface area (Å²) in [5.74, 6) is 0.443. The summed E-state index contributed by atoms with van der Waals surface area (Å²) >= 11 is 0. The van der Waals surface area contributed by atoms with Crippen LogP contribution in [0.2, 0.25) is 0 Å². The van der Waals surface area contributed by atoms with Crippen molar-refractivity contribution in [3.05, 3.63) is 71.8 Å². The Hall–Kier alpha value is -1.93. The summed E-state index contributed by atoms with van der Waals surface area (Å²) < 4.78 is 0. The minimum atomic E-state index is 0.0763. The quantitative estimate of drug-likeness (QED) is 0.682. The van der Waals surface area contributed by atoms with E-state index < -0.39 is 0 Å². The van der Waals surface area contributed by atoms with Crippen molar-refractivity contribution in [1.82, 2.24) is 4.90 Å². The van der Waals surface area contributed by atoms with Gasteiger partial charge >= 0.3 is 0 Å². The molecule has 0 bridgehead atoms. The maximum absolute atomic E-state index is 11.4. The van der Waals surface area contributed by atoms with Gasteiger partial charge in [0.2, 0.25) is 0 Å². The van der Waals surface area contributed by atoms with E-state index in [1.54, 1.807) is 0 Å². The minimum Gasteiger partial charge on any atom is -0.303 e. The van der Waals surface area contributed by atoms with Crippen molar-refractivity contribution in [2.45, 2.75) is 26.9 Å². The van der Waals surface area contributed by atoms with Gasteiger partial charge in [-0.3, -0.25) is 4.90 Å². The Morgan fingerprint density at radius 1 is 0.864 bits per heavy atom. The summed E-state index contributed by atoms with van der Waals surface area (Å²) in [5, 5.41) is 0. The van der Waals surface area contributed by atoms with Crippen molar-refractivity contribution in [3.63, 3.8) is 0 Å². The molecule has 0 N–H and O–H groups in total. The lowest BCUT2D eigenvalue weighted by Gasteiger charge is -2.27. The average Bonchev–Trinajstić information content (AvgIpc) is 2.54. The molecule has 0 saturated carbocycles. The molecule has 0 aliphatic rings. The zero-order chi connectivity index (χ0) is 15.8. The van der Waals surface area contributed by atoms with Crippen LogP contribution in [0.4, 0.5) is 0 Å². The van der Waals surface area contributed by atoms with Crippen LogP contribution in [0, 0.1) is 11.8 Å². The van der Waals surface area contributed by atoms with Crippen LogP contribution in [0.15, 0.2) is 60.7 Å². The molecule has 0 saturated heterocycles. The SMILES string of the molecule is CC(C)[C@@H](C=O)CN(Cc1ccccc1)Cc1ccccc1. The molecular weight excluding hydrogens is 270 g/mol. The van der Waals surface area contributed by atoms with Crippen molar-refractivity contribution < 1.29 is 4.79 Å². The fraction of sp³-hybridized carbons (Fsp3) is 0.350. The van der Waals surface area contributed by atoms with Crippen molar-refractivity contribution >= 4 is 6.29 Å². The Morgan fingerprint density at radius 2 is 1.32 bits per heavy atom. The highest BCUT2D eigenvalue weighted by Gasteiger charge is 2.17. The number of nitrogens with zero attached hydrogens (tertiary/aromatic N) is 1. The molecule has 0 aromatic heterocycles. The normalized spacial score (nSPS) is 12.5. The molecular formula is C20H25NO. The fourth-order valence-electron chi connectivity index (χ4n) is 2.58. The largest absolute Gasteiger partial charge is 0.303 e. The van der Waals surface area contributed by atoms with Crippen LogP contribution in [0.3, 0.4) is 0 Å². The van der Waals surface area contributed by atoms with Crippen molar-refractivity contribution in [2.75, 3.05) is 6.54 Å². The topological polar surface area (TPSA) is 20.3 Å². The van der Waals surface area contributed by atoms with Gasteiger partial charge in [-0.25, -0.2) is 0 Å². The average molecular weight is 295 g/mol. The molecule has 0 aliphatic heterocycles. The van der Waals surface area contributed by atoms with E-state index in [-0.39, 0.29) is 5.92 Å². The number of rotatable bonds is 8. The third kappa shape index (κ3) is 5.12. The number of carbonyl (C=O) groups excluding carboxylic acids is 1. The second kappa shape index (κ2) is 8.50. The summed E-state index contributed by atoms with van der Waals surface area (Å²) in [7, 11) is 0. The molecule has 2 heteroatoms. The molecule has 116 valence electrons. The molecule has 0 amide bonds. The van der Waals surface area contributed by atoms with Gasteiger partial charge < -0.3 is 4.79 Å². The molecule has 2 nitrogen and oxygen atoms in total. The molecule has 1 atom stereocenters. The fourth-order valence-corrected chi connectivity index (χ4v) is 2.58. The van der Waals surface area contributed by atoms with Gasteiger partial charge in [-0.05, 0) is 17.0 Å². The minimum absolute atomic E-state index is 0.0763. The molecule has 0 radical (unpaired) electrons. The van der Waals surface area contributed by atoms with E-state index in [0.717, 1.165) is 25.9 Å². The zero-order valence-electron chi connectivity index (χ0n) is 13.5. The summed E-state index contributed by atoms with van der Waals surface area (Å²) in [6, 6.07) is 20.9. The van der Waals surface area contributed by atoms with E-state index in [9.17, 15) is 4.79 Å². The van der Waals surface area contributed by atoms with E-state index in [2.05, 4.69) is 67.3 Å². The summed E-state index contributed by atoms with van der Waals surface area (Å²) in [6.45, 7) is 6.76. The molecule has 0 heterocycles. The van der Waals surface area contributed by atoms with E-state index in [1.165, 1.54) is 11.1 Å². The van der Waals surface area contributed by atoms with Crippen LogP contribution < -0.4 is 0 Å². The maximum atomic E-state index is 11.4. The highest BCUT2D eigenvalue weighted by atomic mass is 16.1. The third-order valence-electron chi connectivity index (χ3n) is 4.00. The molecule has 0 spiro atoms. The van der Waals surface area contributed by atoms with E-state index >= 15 is 0 Å². The molecule has 0 unspecified atom stereocenters. The number of hydrogen-bond donors (Lipinski definition) is 0. The van der Waals surface area contributed by atoms with E-state index in [4.69, 9.17) is 0 Å². The van der Waals surface area contributed by atoms with Crippen molar-refractivity contribution in [1.29, 1.82) is 0 Å². The molecule has 0 aliphatic carbocycles. The maximum Gasteiger partial charge on any atom is 0.124 e. The van der Waals surface area contributed by atoms with Gasteiger partial charge in [0.25, 0.3) is 0 Å². The van der Waals surface area contributed by atoms with Crippen molar-refractivity contribution in [2.24, 2.45) is 11.8 Å². The summed E-state index contributed by atoms with van der Waals surface area (Å²) in [4.78, 5) is 13.7. The van der Waals surface area contributed by atoms with E-state index in [1.807, 2.05) is 12.1 Å². The molecule has 2 aromatic rings. The standard InChI is InChI=1S/C20H25NO/c1-17(2)20(16-22)15-21(13-18-9-5-3-6-10-18)14-19-11-7-4-8-12-19/h3-12,16-17,20H,13-15H2,1-2H3/t20-/m1/s1. The molecule has 2 rings (SSSR count). The van der Waals surface area contributed by atoms with Gasteiger partial charge in [-0.2, -0.15) is 0 Å². The molecule has 22 heavy (non-hydrogen) atoms. The highest BCUT2D eigenvalue weighted by molar-refractivity contribution is 5.54. The lowest BCUT2D eigenvalue weighted by molar-refractivity contribution is -0.113. The first-order valence-corrected chi connectivity index (χ1v) is 7.94. The molecule has 2 aromatic carbocycles. The Labute approximate surface area is 133 Å². The highest BCUT2D eigenvalue weighted by Crippen LogP contribution is 2.15. The Kier molecular flexibility index (Phi) is 6.35. The zero-order valence-corrected chi connectivity index (χ0v) is 13.5. The van der Waals surface area contributed by atoms with Gasteiger partial charge in [0, 0.05) is 25.6 Å². The first kappa shape index (κ1) is 16.4. The predicted molar refractivity (Wildman–Crippen MR) is 91.4 cm³/mol. The van der Waals surface area contributed by atoms with Gasteiger partial charge in [0.1, 0.15) is 6.29 Å². The number of aldehydes is 1. The van der Waals surface area contributed by atoms with Gasteiger partial charge in [-0.15, -0.1) is 0 Å². The van der Waals surface area contributed by atoms with Crippen LogP contribution in [-0.2, 0) is 17.9 Å². The number of benzene rings is 2. The Bertz CT molecular complexity index is 509. The second-order valence-electron chi connectivity index (χ2n) is 6.18. The second-order valence-corrected chi connectivity index (χ2v) is 6.18. The van der Waals surface area contributed by atoms with Crippen LogP contribution in [-0.4, -0.2) is 17.7 Å². The smallest absolute Gasteiger partial charge is 0.124 e. The first-order chi connectivity index (χ1) is 10.7. The lowest BCUT2D eigenvalue weighted by Crippen LogP contribution is -2.31. The van der Waals surface area contributed by atoms with E-state index in [0.29, 0.717) is 5.92 Å². The van der Waals surface area contributed by atoms with Crippen LogP contribution in [0.1, 0.15) is 25.0 Å². The summed E-state index contributed by atoms with van der Waals surface area (Å²) in [6.07, 6.45) is 1.10. The number of carbonyl (C=O) groups is 1. The van der Waals surface area contributed by atoms with Crippen molar-refractivity contribution in [3.8, 4) is 0 Å². The summed E-state index contributed by atoms with van der Waals surface area (Å²) in [5.41, 5.74) is 2.57. The van der Waals surface area contributed by atoms with Crippen LogP contribution in [0.25, 0.3) is 0 Å². The monoisotopic (exact) mass is 295 g/mol. The Morgan fingerprint density at radius 3 is 1.68 bits per heavy atom. The first-order valence-electron chi connectivity index (χ1n) is 7.94. The predicted octanol–water partition coefficient (Wildman–Crippen LogP) is 4.16. The number of hydrogen-bond acceptors (Lipinski definition) is 2. The van der Waals surface area contributed by atoms with Gasteiger partial charge in [0.15, 0.2) is 0 Å². The Balaban J connectivity index is 2.11. The lowest BCUT2D eigenvalue weighted by atomic mass is 9.96.